The second kappa shape index (κ2) is 6.02. The Balaban J connectivity index is 1.91. The molecule has 4 heteroatoms. The SMILES string of the molecule is CC(C)Oc1ccc(-c2nc(Cl)c3c(n2)CCCC3)cc1. The van der Waals surface area contributed by atoms with E-state index in [2.05, 4.69) is 4.98 Å². The highest BCUT2D eigenvalue weighted by atomic mass is 35.5. The summed E-state index contributed by atoms with van der Waals surface area (Å²) in [7, 11) is 0. The number of aromatic nitrogens is 2. The van der Waals surface area contributed by atoms with Gasteiger partial charge in [0.25, 0.3) is 0 Å². The molecule has 0 saturated carbocycles. The molecule has 0 bridgehead atoms. The number of benzene rings is 1. The van der Waals surface area contributed by atoms with E-state index in [4.69, 9.17) is 21.3 Å². The van der Waals surface area contributed by atoms with Crippen LogP contribution in [0.5, 0.6) is 5.75 Å². The summed E-state index contributed by atoms with van der Waals surface area (Å²) in [6, 6.07) is 7.87. The van der Waals surface area contributed by atoms with E-state index in [0.717, 1.165) is 35.4 Å². The number of hydrogen-bond acceptors (Lipinski definition) is 3. The molecule has 3 nitrogen and oxygen atoms in total. The molecule has 1 heterocycles. The zero-order valence-corrected chi connectivity index (χ0v) is 13.2. The minimum atomic E-state index is 0.172. The van der Waals surface area contributed by atoms with Gasteiger partial charge in [-0.3, -0.25) is 0 Å². The lowest BCUT2D eigenvalue weighted by atomic mass is 9.97. The van der Waals surface area contributed by atoms with Crippen molar-refractivity contribution in [1.82, 2.24) is 9.97 Å². The minimum absolute atomic E-state index is 0.172. The molecule has 1 aromatic heterocycles. The molecular weight excluding hydrogens is 284 g/mol. The molecule has 0 fully saturated rings. The van der Waals surface area contributed by atoms with Crippen LogP contribution in [0.1, 0.15) is 37.9 Å². The monoisotopic (exact) mass is 302 g/mol. The molecule has 0 saturated heterocycles. The third kappa shape index (κ3) is 3.18. The van der Waals surface area contributed by atoms with E-state index in [1.165, 1.54) is 12.8 Å². The van der Waals surface area contributed by atoms with Crippen LogP contribution < -0.4 is 4.74 Å². The van der Waals surface area contributed by atoms with Gasteiger partial charge in [0.05, 0.1) is 6.10 Å². The fraction of sp³-hybridized carbons (Fsp3) is 0.412. The highest BCUT2D eigenvalue weighted by Crippen LogP contribution is 2.28. The molecule has 1 aromatic carbocycles. The normalized spacial score (nSPS) is 14.1. The van der Waals surface area contributed by atoms with E-state index in [-0.39, 0.29) is 6.10 Å². The fourth-order valence-electron chi connectivity index (χ4n) is 2.63. The molecule has 110 valence electrons. The van der Waals surface area contributed by atoms with Crippen molar-refractivity contribution >= 4 is 11.6 Å². The molecule has 1 aliphatic carbocycles. The Morgan fingerprint density at radius 2 is 1.76 bits per heavy atom. The molecule has 21 heavy (non-hydrogen) atoms. The van der Waals surface area contributed by atoms with Gasteiger partial charge in [0.15, 0.2) is 5.82 Å². The van der Waals surface area contributed by atoms with Gasteiger partial charge in [0, 0.05) is 16.8 Å². The number of hydrogen-bond donors (Lipinski definition) is 0. The van der Waals surface area contributed by atoms with E-state index < -0.39 is 0 Å². The van der Waals surface area contributed by atoms with Gasteiger partial charge in [-0.25, -0.2) is 9.97 Å². The largest absolute Gasteiger partial charge is 0.491 e. The zero-order valence-electron chi connectivity index (χ0n) is 12.4. The van der Waals surface area contributed by atoms with Gasteiger partial charge < -0.3 is 4.74 Å². The zero-order chi connectivity index (χ0) is 14.8. The molecule has 2 aromatic rings. The fourth-order valence-corrected chi connectivity index (χ4v) is 2.92. The smallest absolute Gasteiger partial charge is 0.161 e. The molecule has 0 aliphatic heterocycles. The summed E-state index contributed by atoms with van der Waals surface area (Å²) in [4.78, 5) is 9.16. The van der Waals surface area contributed by atoms with Crippen LogP contribution in [0.4, 0.5) is 0 Å². The van der Waals surface area contributed by atoms with E-state index in [1.807, 2.05) is 38.1 Å². The summed E-state index contributed by atoms with van der Waals surface area (Å²) in [6.07, 6.45) is 4.53. The van der Waals surface area contributed by atoms with Crippen LogP contribution in [-0.4, -0.2) is 16.1 Å². The molecule has 0 unspecified atom stereocenters. The van der Waals surface area contributed by atoms with E-state index >= 15 is 0 Å². The van der Waals surface area contributed by atoms with Gasteiger partial charge in [-0.1, -0.05) is 11.6 Å². The first-order valence-electron chi connectivity index (χ1n) is 7.46. The third-order valence-electron chi connectivity index (χ3n) is 3.62. The summed E-state index contributed by atoms with van der Waals surface area (Å²) in [5.41, 5.74) is 3.21. The number of fused-ring (bicyclic) bond motifs is 1. The Morgan fingerprint density at radius 1 is 1.05 bits per heavy atom. The summed E-state index contributed by atoms with van der Waals surface area (Å²) >= 11 is 6.32. The Bertz CT molecular complexity index is 638. The second-order valence-corrected chi connectivity index (χ2v) is 6.02. The first-order valence-corrected chi connectivity index (χ1v) is 7.83. The van der Waals surface area contributed by atoms with Crippen LogP contribution in [0.25, 0.3) is 11.4 Å². The minimum Gasteiger partial charge on any atom is -0.491 e. The maximum absolute atomic E-state index is 6.32. The van der Waals surface area contributed by atoms with Crippen molar-refractivity contribution in [3.8, 4) is 17.1 Å². The van der Waals surface area contributed by atoms with Crippen molar-refractivity contribution in [3.63, 3.8) is 0 Å². The van der Waals surface area contributed by atoms with Gasteiger partial charge in [-0.15, -0.1) is 0 Å². The van der Waals surface area contributed by atoms with Gasteiger partial charge >= 0.3 is 0 Å². The van der Waals surface area contributed by atoms with Gasteiger partial charge in [0.2, 0.25) is 0 Å². The highest BCUT2D eigenvalue weighted by molar-refractivity contribution is 6.30. The maximum Gasteiger partial charge on any atom is 0.161 e. The first-order chi connectivity index (χ1) is 10.1. The van der Waals surface area contributed by atoms with E-state index in [1.54, 1.807) is 0 Å². The number of aryl methyl sites for hydroxylation is 1. The maximum atomic E-state index is 6.32. The molecule has 0 N–H and O–H groups in total. The first kappa shape index (κ1) is 14.3. The van der Waals surface area contributed by atoms with E-state index in [9.17, 15) is 0 Å². The molecule has 0 radical (unpaired) electrons. The van der Waals surface area contributed by atoms with Crippen LogP contribution in [0.3, 0.4) is 0 Å². The molecule has 0 spiro atoms. The van der Waals surface area contributed by atoms with Crippen molar-refractivity contribution in [2.45, 2.75) is 45.6 Å². The van der Waals surface area contributed by atoms with Crippen LogP contribution >= 0.6 is 11.6 Å². The summed E-state index contributed by atoms with van der Waals surface area (Å²) < 4.78 is 5.65. The summed E-state index contributed by atoms with van der Waals surface area (Å²) in [5.74, 6) is 1.56. The number of nitrogens with zero attached hydrogens (tertiary/aromatic N) is 2. The number of rotatable bonds is 3. The van der Waals surface area contributed by atoms with Gasteiger partial charge in [0.1, 0.15) is 10.9 Å². The second-order valence-electron chi connectivity index (χ2n) is 5.66. The molecule has 1 aliphatic rings. The van der Waals surface area contributed by atoms with E-state index in [0.29, 0.717) is 11.0 Å². The predicted molar refractivity (Wildman–Crippen MR) is 84.9 cm³/mol. The quantitative estimate of drug-likeness (QED) is 0.785. The van der Waals surface area contributed by atoms with Crippen LogP contribution in [0.2, 0.25) is 5.15 Å². The molecule has 0 atom stereocenters. The lowest BCUT2D eigenvalue weighted by Gasteiger charge is -2.16. The van der Waals surface area contributed by atoms with Crippen molar-refractivity contribution in [2.24, 2.45) is 0 Å². The molecule has 0 amide bonds. The summed E-state index contributed by atoms with van der Waals surface area (Å²) in [5, 5.41) is 0.609. The van der Waals surface area contributed by atoms with Crippen molar-refractivity contribution in [3.05, 3.63) is 40.7 Å². The molecule has 3 rings (SSSR count). The summed E-state index contributed by atoms with van der Waals surface area (Å²) in [6.45, 7) is 4.03. The van der Waals surface area contributed by atoms with Crippen LogP contribution in [-0.2, 0) is 12.8 Å². The highest BCUT2D eigenvalue weighted by Gasteiger charge is 2.17. The third-order valence-corrected chi connectivity index (χ3v) is 3.93. The number of halogens is 1. The Labute approximate surface area is 130 Å². The number of ether oxygens (including phenoxy) is 1. The topological polar surface area (TPSA) is 35.0 Å². The Kier molecular flexibility index (Phi) is 4.11. The van der Waals surface area contributed by atoms with Crippen molar-refractivity contribution < 1.29 is 4.74 Å². The van der Waals surface area contributed by atoms with Crippen LogP contribution in [0, 0.1) is 0 Å². The molecular formula is C17H19ClN2O. The Hall–Kier alpha value is -1.61. The lowest BCUT2D eigenvalue weighted by Crippen LogP contribution is -2.09. The standard InChI is InChI=1S/C17H19ClN2O/c1-11(2)21-13-9-7-12(8-10-13)17-19-15-6-4-3-5-14(15)16(18)20-17/h7-11H,3-6H2,1-2H3. The average molecular weight is 303 g/mol. The Morgan fingerprint density at radius 3 is 2.48 bits per heavy atom. The van der Waals surface area contributed by atoms with Crippen molar-refractivity contribution in [2.75, 3.05) is 0 Å². The average Bonchev–Trinajstić information content (AvgIpc) is 2.47. The predicted octanol–water partition coefficient (Wildman–Crippen LogP) is 4.46. The van der Waals surface area contributed by atoms with Crippen LogP contribution in [0.15, 0.2) is 24.3 Å². The van der Waals surface area contributed by atoms with Gasteiger partial charge in [-0.2, -0.15) is 0 Å². The van der Waals surface area contributed by atoms with Crippen molar-refractivity contribution in [1.29, 1.82) is 0 Å². The lowest BCUT2D eigenvalue weighted by molar-refractivity contribution is 0.242. The van der Waals surface area contributed by atoms with Gasteiger partial charge in [-0.05, 0) is 63.8 Å².